The Hall–Kier alpha value is -0.670. The van der Waals surface area contributed by atoms with E-state index < -0.39 is 5.97 Å². The minimum absolute atomic E-state index is 0.232. The van der Waals surface area contributed by atoms with Crippen LogP contribution in [0.1, 0.15) is 15.9 Å². The summed E-state index contributed by atoms with van der Waals surface area (Å²) in [6.45, 7) is 0. The summed E-state index contributed by atoms with van der Waals surface area (Å²) in [5.41, 5.74) is 0.953. The van der Waals surface area contributed by atoms with Crippen molar-refractivity contribution in [1.29, 1.82) is 0 Å². The van der Waals surface area contributed by atoms with E-state index >= 15 is 0 Å². The molecule has 1 aromatic rings. The Kier molecular flexibility index (Phi) is 3.63. The lowest BCUT2D eigenvalue weighted by Crippen LogP contribution is -2.01. The summed E-state index contributed by atoms with van der Waals surface area (Å²) in [6.07, 6.45) is 1.90. The van der Waals surface area contributed by atoms with Gasteiger partial charge >= 0.3 is 5.97 Å². The lowest BCUT2D eigenvalue weighted by molar-refractivity contribution is 0.0695. The van der Waals surface area contributed by atoms with Crippen molar-refractivity contribution in [1.82, 2.24) is 0 Å². The molecule has 0 radical (unpaired) electrons. The summed E-state index contributed by atoms with van der Waals surface area (Å²) in [5, 5.41) is 8.85. The largest absolute Gasteiger partial charge is 0.478 e. The maximum atomic E-state index is 10.8. The van der Waals surface area contributed by atoms with Crippen LogP contribution in [0.2, 0.25) is 0 Å². The van der Waals surface area contributed by atoms with Crippen LogP contribution in [0.4, 0.5) is 0 Å². The smallest absolute Gasteiger partial charge is 0.336 e. The predicted octanol–water partition coefficient (Wildman–Crippen LogP) is 2.85. The summed E-state index contributed by atoms with van der Waals surface area (Å²) in [6, 6.07) is 5.27. The number of carboxylic acid groups (broad SMARTS) is 1. The van der Waals surface area contributed by atoms with Gasteiger partial charge in [0.15, 0.2) is 0 Å². The summed E-state index contributed by atoms with van der Waals surface area (Å²) in [7, 11) is 0. The van der Waals surface area contributed by atoms with Crippen LogP contribution in [0.5, 0.6) is 0 Å². The number of carbonyl (C=O) groups is 1. The van der Waals surface area contributed by atoms with Gasteiger partial charge in [-0.05, 0) is 24.0 Å². The Labute approximate surface area is 85.9 Å². The zero-order valence-corrected chi connectivity index (χ0v) is 8.65. The molecule has 0 saturated carbocycles. The number of thioether (sulfide) groups is 1. The minimum Gasteiger partial charge on any atom is -0.478 e. The van der Waals surface area contributed by atoms with E-state index in [4.69, 9.17) is 16.7 Å². The summed E-state index contributed by atoms with van der Waals surface area (Å²) in [4.78, 5) is 11.7. The number of benzene rings is 1. The molecule has 0 aliphatic heterocycles. The first-order chi connectivity index (χ1) is 6.19. The van der Waals surface area contributed by atoms with E-state index in [1.165, 1.54) is 11.8 Å². The number of alkyl halides is 1. The number of rotatable bonds is 3. The van der Waals surface area contributed by atoms with Crippen LogP contribution in [-0.2, 0) is 5.88 Å². The number of hydrogen-bond donors (Lipinski definition) is 1. The number of halogens is 1. The van der Waals surface area contributed by atoms with Crippen LogP contribution in [0.25, 0.3) is 0 Å². The van der Waals surface area contributed by atoms with E-state index in [1.807, 2.05) is 12.3 Å². The maximum absolute atomic E-state index is 10.8. The number of aromatic carboxylic acids is 1. The Morgan fingerprint density at radius 1 is 1.62 bits per heavy atom. The molecule has 0 amide bonds. The fourth-order valence-corrected chi connectivity index (χ4v) is 1.67. The molecule has 0 fully saturated rings. The van der Waals surface area contributed by atoms with E-state index in [1.54, 1.807) is 12.1 Å². The molecule has 0 unspecified atom stereocenters. The van der Waals surface area contributed by atoms with Gasteiger partial charge in [0, 0.05) is 10.8 Å². The maximum Gasteiger partial charge on any atom is 0.336 e. The van der Waals surface area contributed by atoms with E-state index in [2.05, 4.69) is 0 Å². The van der Waals surface area contributed by atoms with Crippen molar-refractivity contribution >= 4 is 29.3 Å². The average molecular weight is 217 g/mol. The van der Waals surface area contributed by atoms with Crippen LogP contribution >= 0.6 is 23.4 Å². The van der Waals surface area contributed by atoms with Crippen LogP contribution in [0.15, 0.2) is 23.1 Å². The Balaban J connectivity index is 3.18. The zero-order chi connectivity index (χ0) is 9.84. The standard InChI is InChI=1S/C9H9ClO2S/c1-13-7-3-2-6(5-10)8(4-7)9(11)12/h2-4H,5H2,1H3,(H,11,12). The van der Waals surface area contributed by atoms with Gasteiger partial charge in [-0.1, -0.05) is 6.07 Å². The molecule has 4 heteroatoms. The summed E-state index contributed by atoms with van der Waals surface area (Å²) < 4.78 is 0. The van der Waals surface area contributed by atoms with Gasteiger partial charge < -0.3 is 5.11 Å². The minimum atomic E-state index is -0.924. The molecular formula is C9H9ClO2S. The van der Waals surface area contributed by atoms with Gasteiger partial charge in [0.2, 0.25) is 0 Å². The molecule has 2 nitrogen and oxygen atoms in total. The van der Waals surface area contributed by atoms with E-state index in [9.17, 15) is 4.79 Å². The second kappa shape index (κ2) is 4.53. The topological polar surface area (TPSA) is 37.3 Å². The monoisotopic (exact) mass is 216 g/mol. The summed E-state index contributed by atoms with van der Waals surface area (Å²) in [5.74, 6) is -0.692. The summed E-state index contributed by atoms with van der Waals surface area (Å²) >= 11 is 7.11. The lowest BCUT2D eigenvalue weighted by atomic mass is 10.1. The Morgan fingerprint density at radius 3 is 2.77 bits per heavy atom. The molecule has 1 rings (SSSR count). The molecule has 0 spiro atoms. The van der Waals surface area contributed by atoms with Gasteiger partial charge in [-0.15, -0.1) is 23.4 Å². The van der Waals surface area contributed by atoms with Crippen molar-refractivity contribution in [3.05, 3.63) is 29.3 Å². The van der Waals surface area contributed by atoms with Gasteiger partial charge in [-0.25, -0.2) is 4.79 Å². The van der Waals surface area contributed by atoms with Gasteiger partial charge in [0.1, 0.15) is 0 Å². The predicted molar refractivity (Wildman–Crippen MR) is 54.7 cm³/mol. The molecular weight excluding hydrogens is 208 g/mol. The first kappa shape index (κ1) is 10.4. The normalized spacial score (nSPS) is 10.0. The van der Waals surface area contributed by atoms with Crippen molar-refractivity contribution in [2.45, 2.75) is 10.8 Å². The van der Waals surface area contributed by atoms with Crippen molar-refractivity contribution in [2.75, 3.05) is 6.26 Å². The molecule has 1 aromatic carbocycles. The molecule has 0 heterocycles. The molecule has 0 aromatic heterocycles. The third-order valence-electron chi connectivity index (χ3n) is 1.69. The van der Waals surface area contributed by atoms with Crippen LogP contribution in [0, 0.1) is 0 Å². The molecule has 0 atom stereocenters. The number of carboxylic acids is 1. The lowest BCUT2D eigenvalue weighted by Gasteiger charge is -2.03. The highest BCUT2D eigenvalue weighted by molar-refractivity contribution is 7.98. The molecule has 1 N–H and O–H groups in total. The van der Waals surface area contributed by atoms with Gasteiger partial charge in [0.05, 0.1) is 5.56 Å². The first-order valence-electron chi connectivity index (χ1n) is 3.65. The quantitative estimate of drug-likeness (QED) is 0.624. The highest BCUT2D eigenvalue weighted by Crippen LogP contribution is 2.20. The van der Waals surface area contributed by atoms with E-state index in [0.717, 1.165) is 4.90 Å². The first-order valence-corrected chi connectivity index (χ1v) is 5.41. The molecule has 0 aliphatic carbocycles. The van der Waals surface area contributed by atoms with Crippen LogP contribution in [-0.4, -0.2) is 17.3 Å². The average Bonchev–Trinajstić information content (AvgIpc) is 2.16. The zero-order valence-electron chi connectivity index (χ0n) is 7.08. The highest BCUT2D eigenvalue weighted by atomic mass is 35.5. The van der Waals surface area contributed by atoms with E-state index in [0.29, 0.717) is 11.1 Å². The Morgan fingerprint density at radius 2 is 2.31 bits per heavy atom. The Bertz CT molecular complexity index is 325. The third-order valence-corrected chi connectivity index (χ3v) is 2.70. The third kappa shape index (κ3) is 2.39. The highest BCUT2D eigenvalue weighted by Gasteiger charge is 2.09. The SMILES string of the molecule is CSc1ccc(CCl)c(C(=O)O)c1. The van der Waals surface area contributed by atoms with Gasteiger partial charge in [-0.3, -0.25) is 0 Å². The second-order valence-electron chi connectivity index (χ2n) is 2.46. The fourth-order valence-electron chi connectivity index (χ4n) is 0.998. The second-order valence-corrected chi connectivity index (χ2v) is 3.61. The van der Waals surface area contributed by atoms with Crippen molar-refractivity contribution in [2.24, 2.45) is 0 Å². The van der Waals surface area contributed by atoms with Gasteiger partial charge in [-0.2, -0.15) is 0 Å². The van der Waals surface area contributed by atoms with Crippen molar-refractivity contribution in [3.63, 3.8) is 0 Å². The van der Waals surface area contributed by atoms with Crippen molar-refractivity contribution in [3.8, 4) is 0 Å². The molecule has 0 aliphatic rings. The molecule has 13 heavy (non-hydrogen) atoms. The van der Waals surface area contributed by atoms with Crippen molar-refractivity contribution < 1.29 is 9.90 Å². The van der Waals surface area contributed by atoms with Crippen LogP contribution in [0.3, 0.4) is 0 Å². The molecule has 0 bridgehead atoms. The fraction of sp³-hybridized carbons (Fsp3) is 0.222. The number of hydrogen-bond acceptors (Lipinski definition) is 2. The molecule has 70 valence electrons. The van der Waals surface area contributed by atoms with E-state index in [-0.39, 0.29) is 5.88 Å². The molecule has 0 saturated heterocycles. The van der Waals surface area contributed by atoms with Gasteiger partial charge in [0.25, 0.3) is 0 Å². The van der Waals surface area contributed by atoms with Crippen LogP contribution < -0.4 is 0 Å².